The van der Waals surface area contributed by atoms with Crippen LogP contribution in [0.2, 0.25) is 0 Å². The summed E-state index contributed by atoms with van der Waals surface area (Å²) in [6.07, 6.45) is 0. The molecule has 0 bridgehead atoms. The van der Waals surface area contributed by atoms with Gasteiger partial charge in [0.1, 0.15) is 0 Å². The van der Waals surface area contributed by atoms with Crippen LogP contribution in [-0.4, -0.2) is 41.6 Å². The van der Waals surface area contributed by atoms with Gasteiger partial charge in [-0.05, 0) is 11.6 Å². The smallest absolute Gasteiger partial charge is 0.338 e. The van der Waals surface area contributed by atoms with E-state index in [0.29, 0.717) is 16.1 Å². The molecular formula is C15H21NO2S. The van der Waals surface area contributed by atoms with Gasteiger partial charge in [-0.2, -0.15) is 11.8 Å². The van der Waals surface area contributed by atoms with Gasteiger partial charge in [0.25, 0.3) is 0 Å². The zero-order valence-electron chi connectivity index (χ0n) is 11.8. The molecule has 3 nitrogen and oxygen atoms in total. The molecule has 1 aliphatic heterocycles. The topological polar surface area (TPSA) is 29.5 Å². The highest BCUT2D eigenvalue weighted by Crippen LogP contribution is 2.26. The Kier molecular flexibility index (Phi) is 4.88. The minimum absolute atomic E-state index is 0.247. The summed E-state index contributed by atoms with van der Waals surface area (Å²) < 4.78 is 4.85. The SMILES string of the molecule is COC(=O)c1ccccc1CN1CC(C)SC(C)C1. The van der Waals surface area contributed by atoms with Gasteiger partial charge in [0.2, 0.25) is 0 Å². The van der Waals surface area contributed by atoms with Crippen molar-refractivity contribution in [1.82, 2.24) is 4.90 Å². The van der Waals surface area contributed by atoms with E-state index in [-0.39, 0.29) is 5.97 Å². The van der Waals surface area contributed by atoms with Gasteiger partial charge < -0.3 is 4.74 Å². The number of methoxy groups -OCH3 is 1. The second-order valence-electron chi connectivity index (χ2n) is 5.10. The van der Waals surface area contributed by atoms with Gasteiger partial charge >= 0.3 is 5.97 Å². The summed E-state index contributed by atoms with van der Waals surface area (Å²) in [7, 11) is 1.43. The van der Waals surface area contributed by atoms with Crippen LogP contribution in [0, 0.1) is 0 Å². The minimum Gasteiger partial charge on any atom is -0.465 e. The summed E-state index contributed by atoms with van der Waals surface area (Å²) in [5.74, 6) is -0.247. The molecule has 1 aliphatic rings. The Balaban J connectivity index is 2.12. The Bertz CT molecular complexity index is 440. The molecule has 1 heterocycles. The summed E-state index contributed by atoms with van der Waals surface area (Å²) in [5.41, 5.74) is 1.74. The number of rotatable bonds is 3. The summed E-state index contributed by atoms with van der Waals surface area (Å²) in [6, 6.07) is 7.72. The third-order valence-corrected chi connectivity index (χ3v) is 4.54. The molecule has 1 aromatic carbocycles. The van der Waals surface area contributed by atoms with Gasteiger partial charge in [0.15, 0.2) is 0 Å². The van der Waals surface area contributed by atoms with Crippen molar-refractivity contribution >= 4 is 17.7 Å². The molecule has 0 radical (unpaired) electrons. The lowest BCUT2D eigenvalue weighted by molar-refractivity contribution is 0.0598. The second kappa shape index (κ2) is 6.44. The highest BCUT2D eigenvalue weighted by Gasteiger charge is 2.23. The Labute approximate surface area is 119 Å². The van der Waals surface area contributed by atoms with E-state index in [1.807, 2.05) is 36.0 Å². The Hall–Kier alpha value is -1.00. The van der Waals surface area contributed by atoms with Crippen LogP contribution in [0.1, 0.15) is 29.8 Å². The van der Waals surface area contributed by atoms with Crippen LogP contribution in [0.25, 0.3) is 0 Å². The lowest BCUT2D eigenvalue weighted by Gasteiger charge is -2.34. The normalized spacial score (nSPS) is 24.2. The van der Waals surface area contributed by atoms with Crippen molar-refractivity contribution in [3.8, 4) is 0 Å². The van der Waals surface area contributed by atoms with E-state index in [1.54, 1.807) is 0 Å². The van der Waals surface area contributed by atoms with Crippen LogP contribution in [0.4, 0.5) is 0 Å². The zero-order valence-corrected chi connectivity index (χ0v) is 12.6. The summed E-state index contributed by atoms with van der Waals surface area (Å²) in [4.78, 5) is 14.2. The molecule has 0 N–H and O–H groups in total. The Morgan fingerprint density at radius 2 is 1.95 bits per heavy atom. The molecule has 0 saturated carbocycles. The molecule has 2 unspecified atom stereocenters. The average molecular weight is 279 g/mol. The van der Waals surface area contributed by atoms with Gasteiger partial charge in [-0.1, -0.05) is 32.0 Å². The van der Waals surface area contributed by atoms with Crippen molar-refractivity contribution < 1.29 is 9.53 Å². The van der Waals surface area contributed by atoms with E-state index >= 15 is 0 Å². The number of carbonyl (C=O) groups excluding carboxylic acids is 1. The summed E-state index contributed by atoms with van der Waals surface area (Å²) in [5, 5.41) is 1.29. The fraction of sp³-hybridized carbons (Fsp3) is 0.533. The van der Waals surface area contributed by atoms with Crippen molar-refractivity contribution in [3.63, 3.8) is 0 Å². The number of hydrogen-bond donors (Lipinski definition) is 0. The van der Waals surface area contributed by atoms with Crippen molar-refractivity contribution in [2.75, 3.05) is 20.2 Å². The molecule has 104 valence electrons. The fourth-order valence-corrected chi connectivity index (χ4v) is 4.01. The number of benzene rings is 1. The molecule has 1 aromatic rings. The van der Waals surface area contributed by atoms with Crippen LogP contribution in [0.3, 0.4) is 0 Å². The van der Waals surface area contributed by atoms with E-state index in [1.165, 1.54) is 7.11 Å². The number of thioether (sulfide) groups is 1. The van der Waals surface area contributed by atoms with E-state index in [0.717, 1.165) is 25.2 Å². The lowest BCUT2D eigenvalue weighted by Crippen LogP contribution is -2.40. The molecule has 4 heteroatoms. The zero-order chi connectivity index (χ0) is 13.8. The van der Waals surface area contributed by atoms with Crippen LogP contribution >= 0.6 is 11.8 Å². The minimum atomic E-state index is -0.247. The van der Waals surface area contributed by atoms with Gasteiger partial charge in [-0.15, -0.1) is 0 Å². The van der Waals surface area contributed by atoms with E-state index in [9.17, 15) is 4.79 Å². The number of nitrogens with zero attached hydrogens (tertiary/aromatic N) is 1. The first kappa shape index (κ1) is 14.4. The molecule has 19 heavy (non-hydrogen) atoms. The van der Waals surface area contributed by atoms with Crippen LogP contribution in [0.5, 0.6) is 0 Å². The predicted octanol–water partition coefficient (Wildman–Crippen LogP) is 2.80. The molecule has 0 aliphatic carbocycles. The highest BCUT2D eigenvalue weighted by atomic mass is 32.2. The predicted molar refractivity (Wildman–Crippen MR) is 79.6 cm³/mol. The lowest BCUT2D eigenvalue weighted by atomic mass is 10.1. The molecular weight excluding hydrogens is 258 g/mol. The highest BCUT2D eigenvalue weighted by molar-refractivity contribution is 8.00. The van der Waals surface area contributed by atoms with Crippen molar-refractivity contribution in [2.24, 2.45) is 0 Å². The largest absolute Gasteiger partial charge is 0.465 e. The van der Waals surface area contributed by atoms with Crippen molar-refractivity contribution in [1.29, 1.82) is 0 Å². The summed E-state index contributed by atoms with van der Waals surface area (Å²) in [6.45, 7) is 7.49. The number of esters is 1. The Morgan fingerprint density at radius 3 is 2.58 bits per heavy atom. The molecule has 1 saturated heterocycles. The maximum absolute atomic E-state index is 11.8. The number of carbonyl (C=O) groups is 1. The average Bonchev–Trinajstić information content (AvgIpc) is 2.37. The second-order valence-corrected chi connectivity index (χ2v) is 6.98. The van der Waals surface area contributed by atoms with Gasteiger partial charge in [0, 0.05) is 30.1 Å². The first-order valence-corrected chi connectivity index (χ1v) is 7.58. The van der Waals surface area contributed by atoms with Gasteiger partial charge in [-0.3, -0.25) is 4.90 Å². The first-order chi connectivity index (χ1) is 9.10. The summed E-state index contributed by atoms with van der Waals surface area (Å²) >= 11 is 2.04. The standard InChI is InChI=1S/C15H21NO2S/c1-11-8-16(9-12(2)19-11)10-13-6-4-5-7-14(13)15(17)18-3/h4-7,11-12H,8-10H2,1-3H3. The maximum Gasteiger partial charge on any atom is 0.338 e. The molecule has 0 aromatic heterocycles. The maximum atomic E-state index is 11.8. The fourth-order valence-electron chi connectivity index (χ4n) is 2.62. The van der Waals surface area contributed by atoms with E-state index in [4.69, 9.17) is 4.74 Å². The molecule has 0 spiro atoms. The molecule has 1 fully saturated rings. The van der Waals surface area contributed by atoms with Crippen LogP contribution < -0.4 is 0 Å². The van der Waals surface area contributed by atoms with E-state index in [2.05, 4.69) is 18.7 Å². The number of hydrogen-bond acceptors (Lipinski definition) is 4. The third-order valence-electron chi connectivity index (χ3n) is 3.31. The van der Waals surface area contributed by atoms with Gasteiger partial charge in [-0.25, -0.2) is 4.79 Å². The first-order valence-electron chi connectivity index (χ1n) is 6.64. The van der Waals surface area contributed by atoms with Gasteiger partial charge in [0.05, 0.1) is 12.7 Å². The monoisotopic (exact) mass is 279 g/mol. The quantitative estimate of drug-likeness (QED) is 0.796. The molecule has 2 atom stereocenters. The Morgan fingerprint density at radius 1 is 1.32 bits per heavy atom. The molecule has 0 amide bonds. The molecule has 2 rings (SSSR count). The third kappa shape index (κ3) is 3.74. The van der Waals surface area contributed by atoms with Crippen LogP contribution in [0.15, 0.2) is 24.3 Å². The van der Waals surface area contributed by atoms with Crippen molar-refractivity contribution in [2.45, 2.75) is 30.9 Å². The number of ether oxygens (including phenoxy) is 1. The van der Waals surface area contributed by atoms with Crippen LogP contribution in [-0.2, 0) is 11.3 Å². The van der Waals surface area contributed by atoms with E-state index < -0.39 is 0 Å². The van der Waals surface area contributed by atoms with Crippen molar-refractivity contribution in [3.05, 3.63) is 35.4 Å².